The third-order valence-electron chi connectivity index (χ3n) is 5.28. The Morgan fingerprint density at radius 2 is 1.79 bits per heavy atom. The number of esters is 1. The van der Waals surface area contributed by atoms with Crippen LogP contribution < -0.4 is 14.6 Å². The Bertz CT molecular complexity index is 1500. The van der Waals surface area contributed by atoms with Crippen LogP contribution in [0, 0.1) is 0 Å². The van der Waals surface area contributed by atoms with Gasteiger partial charge >= 0.3 is 5.97 Å². The standard InChI is InChI=1S/C23H23N3O6S/c1-4-31-15-8-6-14(7-9-15)26(3)33(29,30)16-10-11-19-17(12-16)20-18(23(28)32-5-2)13-24-21(20)22(27)25-19/h6-13,24H,4-5H2,1-3H3,(H,25,27). The SMILES string of the molecule is CCOC(=O)c1c[nH]c2c(=O)[nH]c3ccc(S(=O)(=O)N(C)c4ccc(OCC)cc4)cc3c12. The number of hydrogen-bond acceptors (Lipinski definition) is 6. The highest BCUT2D eigenvalue weighted by Gasteiger charge is 2.24. The maximum atomic E-state index is 13.4. The summed E-state index contributed by atoms with van der Waals surface area (Å²) in [7, 11) is -2.48. The quantitative estimate of drug-likeness (QED) is 0.400. The number of H-pyrrole nitrogens is 2. The number of nitrogens with one attached hydrogen (secondary N) is 2. The number of pyridine rings is 1. The predicted octanol–water partition coefficient (Wildman–Crippen LogP) is 3.41. The minimum Gasteiger partial charge on any atom is -0.494 e. The van der Waals surface area contributed by atoms with Gasteiger partial charge in [-0.25, -0.2) is 13.2 Å². The van der Waals surface area contributed by atoms with E-state index in [1.54, 1.807) is 31.2 Å². The molecule has 0 unspecified atom stereocenters. The average molecular weight is 470 g/mol. The number of hydrogen-bond donors (Lipinski definition) is 2. The van der Waals surface area contributed by atoms with Crippen molar-refractivity contribution in [2.75, 3.05) is 24.6 Å². The zero-order valence-corrected chi connectivity index (χ0v) is 19.2. The van der Waals surface area contributed by atoms with Crippen LogP contribution in [0.5, 0.6) is 5.75 Å². The Labute approximate surface area is 190 Å². The number of carbonyl (C=O) groups excluding carboxylic acids is 1. The average Bonchev–Trinajstić information content (AvgIpc) is 3.26. The van der Waals surface area contributed by atoms with Crippen LogP contribution in [0.15, 0.2) is 58.4 Å². The molecule has 0 fully saturated rings. The summed E-state index contributed by atoms with van der Waals surface area (Å²) in [4.78, 5) is 30.4. The van der Waals surface area contributed by atoms with Crippen molar-refractivity contribution in [2.24, 2.45) is 0 Å². The lowest BCUT2D eigenvalue weighted by molar-refractivity contribution is 0.0529. The molecule has 0 amide bonds. The molecule has 0 bridgehead atoms. The summed E-state index contributed by atoms with van der Waals surface area (Å²) < 4.78 is 38.4. The van der Waals surface area contributed by atoms with Crippen LogP contribution in [0.2, 0.25) is 0 Å². The third-order valence-corrected chi connectivity index (χ3v) is 7.06. The van der Waals surface area contributed by atoms with Gasteiger partial charge in [0.2, 0.25) is 0 Å². The molecule has 0 saturated heterocycles. The number of rotatable bonds is 7. The molecule has 33 heavy (non-hydrogen) atoms. The van der Waals surface area contributed by atoms with E-state index >= 15 is 0 Å². The van der Waals surface area contributed by atoms with Crippen LogP contribution >= 0.6 is 0 Å². The van der Waals surface area contributed by atoms with Crippen molar-refractivity contribution in [3.05, 3.63) is 64.6 Å². The largest absolute Gasteiger partial charge is 0.494 e. The van der Waals surface area contributed by atoms with Gasteiger partial charge in [-0.15, -0.1) is 0 Å². The van der Waals surface area contributed by atoms with E-state index < -0.39 is 21.6 Å². The number of ether oxygens (including phenoxy) is 2. The number of anilines is 1. The molecule has 10 heteroatoms. The number of fused-ring (bicyclic) bond motifs is 3. The number of nitrogens with zero attached hydrogens (tertiary/aromatic N) is 1. The van der Waals surface area contributed by atoms with Gasteiger partial charge in [-0.2, -0.15) is 0 Å². The van der Waals surface area contributed by atoms with Gasteiger partial charge in [-0.1, -0.05) is 0 Å². The van der Waals surface area contributed by atoms with Crippen LogP contribution in [0.3, 0.4) is 0 Å². The van der Waals surface area contributed by atoms with E-state index in [4.69, 9.17) is 9.47 Å². The van der Waals surface area contributed by atoms with Gasteiger partial charge in [0, 0.05) is 29.5 Å². The number of aromatic nitrogens is 2. The fourth-order valence-corrected chi connectivity index (χ4v) is 4.87. The lowest BCUT2D eigenvalue weighted by Gasteiger charge is -2.20. The smallest absolute Gasteiger partial charge is 0.340 e. The van der Waals surface area contributed by atoms with E-state index in [-0.39, 0.29) is 22.6 Å². The minimum atomic E-state index is -3.94. The second-order valence-electron chi connectivity index (χ2n) is 7.23. The predicted molar refractivity (Wildman–Crippen MR) is 126 cm³/mol. The molecule has 2 aromatic carbocycles. The molecular formula is C23H23N3O6S. The summed E-state index contributed by atoms with van der Waals surface area (Å²) >= 11 is 0. The van der Waals surface area contributed by atoms with Crippen LogP contribution in [-0.4, -0.2) is 44.6 Å². The van der Waals surface area contributed by atoms with Gasteiger partial charge in [0.25, 0.3) is 15.6 Å². The second-order valence-corrected chi connectivity index (χ2v) is 9.20. The molecular weight excluding hydrogens is 446 g/mol. The first-order chi connectivity index (χ1) is 15.8. The summed E-state index contributed by atoms with van der Waals surface area (Å²) in [5, 5.41) is 0.725. The summed E-state index contributed by atoms with van der Waals surface area (Å²) in [6.07, 6.45) is 1.39. The third kappa shape index (κ3) is 3.93. The zero-order valence-electron chi connectivity index (χ0n) is 18.3. The molecule has 0 atom stereocenters. The van der Waals surface area contributed by atoms with E-state index in [1.165, 1.54) is 31.4 Å². The molecule has 0 aliphatic carbocycles. The lowest BCUT2D eigenvalue weighted by atomic mass is 10.1. The fraction of sp³-hybridized carbons (Fsp3) is 0.217. The van der Waals surface area contributed by atoms with Gasteiger partial charge < -0.3 is 19.4 Å². The van der Waals surface area contributed by atoms with Gasteiger partial charge in [-0.3, -0.25) is 9.10 Å². The van der Waals surface area contributed by atoms with Crippen molar-refractivity contribution < 1.29 is 22.7 Å². The molecule has 0 spiro atoms. The summed E-state index contributed by atoms with van der Waals surface area (Å²) in [5.41, 5.74) is 0.770. The van der Waals surface area contributed by atoms with Crippen LogP contribution in [0.4, 0.5) is 5.69 Å². The monoisotopic (exact) mass is 469 g/mol. The number of benzene rings is 2. The van der Waals surface area contributed by atoms with Crippen molar-refractivity contribution in [2.45, 2.75) is 18.7 Å². The highest BCUT2D eigenvalue weighted by Crippen LogP contribution is 2.30. The topological polar surface area (TPSA) is 122 Å². The molecule has 2 aromatic heterocycles. The Kier molecular flexibility index (Phi) is 5.86. The molecule has 0 aliphatic rings. The van der Waals surface area contributed by atoms with Crippen molar-refractivity contribution in [1.29, 1.82) is 0 Å². The van der Waals surface area contributed by atoms with Crippen LogP contribution in [-0.2, 0) is 14.8 Å². The Morgan fingerprint density at radius 3 is 2.45 bits per heavy atom. The highest BCUT2D eigenvalue weighted by molar-refractivity contribution is 7.92. The first-order valence-electron chi connectivity index (χ1n) is 10.3. The van der Waals surface area contributed by atoms with Crippen molar-refractivity contribution in [3.63, 3.8) is 0 Å². The van der Waals surface area contributed by atoms with Gasteiger partial charge in [0.1, 0.15) is 11.3 Å². The molecule has 2 N–H and O–H groups in total. The molecule has 0 saturated carbocycles. The summed E-state index contributed by atoms with van der Waals surface area (Å²) in [6.45, 7) is 4.22. The molecule has 0 aliphatic heterocycles. The maximum absolute atomic E-state index is 13.4. The Balaban J connectivity index is 1.84. The molecule has 9 nitrogen and oxygen atoms in total. The highest BCUT2D eigenvalue weighted by atomic mass is 32.2. The van der Waals surface area contributed by atoms with Crippen molar-refractivity contribution in [3.8, 4) is 5.75 Å². The number of aromatic amines is 2. The van der Waals surface area contributed by atoms with Gasteiger partial charge in [0.05, 0.1) is 29.4 Å². The zero-order chi connectivity index (χ0) is 23.8. The van der Waals surface area contributed by atoms with Gasteiger partial charge in [0.15, 0.2) is 0 Å². The van der Waals surface area contributed by atoms with E-state index in [1.807, 2.05) is 6.92 Å². The van der Waals surface area contributed by atoms with E-state index in [9.17, 15) is 18.0 Å². The van der Waals surface area contributed by atoms with Crippen molar-refractivity contribution >= 4 is 43.5 Å². The van der Waals surface area contributed by atoms with Gasteiger partial charge in [-0.05, 0) is 56.3 Å². The minimum absolute atomic E-state index is 0.00995. The first-order valence-corrected chi connectivity index (χ1v) is 11.8. The molecule has 4 aromatic rings. The molecule has 0 radical (unpaired) electrons. The number of sulfonamides is 1. The van der Waals surface area contributed by atoms with E-state index in [2.05, 4.69) is 9.97 Å². The summed E-state index contributed by atoms with van der Waals surface area (Å²) in [5.74, 6) is 0.0402. The van der Waals surface area contributed by atoms with E-state index in [0.717, 1.165) is 4.31 Å². The molecule has 2 heterocycles. The molecule has 172 valence electrons. The van der Waals surface area contributed by atoms with Crippen LogP contribution in [0.25, 0.3) is 21.8 Å². The Morgan fingerprint density at radius 1 is 1.06 bits per heavy atom. The molecule has 4 rings (SSSR count). The second kappa shape index (κ2) is 8.62. The Hall–Kier alpha value is -3.79. The number of carbonyl (C=O) groups is 1. The maximum Gasteiger partial charge on any atom is 0.340 e. The van der Waals surface area contributed by atoms with Crippen LogP contribution in [0.1, 0.15) is 24.2 Å². The normalized spacial score (nSPS) is 11.6. The van der Waals surface area contributed by atoms with E-state index in [0.29, 0.717) is 34.3 Å². The van der Waals surface area contributed by atoms with Crippen molar-refractivity contribution in [1.82, 2.24) is 9.97 Å². The summed E-state index contributed by atoms with van der Waals surface area (Å²) in [6, 6.07) is 11.1. The lowest BCUT2D eigenvalue weighted by Crippen LogP contribution is -2.26. The first kappa shape index (κ1) is 22.4. The fourth-order valence-electron chi connectivity index (χ4n) is 3.65.